The van der Waals surface area contributed by atoms with Crippen molar-refractivity contribution in [1.29, 1.82) is 0 Å². The number of nitrogens with zero attached hydrogens (tertiary/aromatic N) is 1. The highest BCUT2D eigenvalue weighted by atomic mass is 16.3. The Bertz CT molecular complexity index is 801. The second-order valence-electron chi connectivity index (χ2n) is 8.32. The number of piperidine rings is 1. The Labute approximate surface area is 167 Å². The summed E-state index contributed by atoms with van der Waals surface area (Å²) in [6, 6.07) is 10.4. The van der Waals surface area contributed by atoms with Crippen molar-refractivity contribution in [3.63, 3.8) is 0 Å². The van der Waals surface area contributed by atoms with Crippen molar-refractivity contribution in [3.8, 4) is 0 Å². The van der Waals surface area contributed by atoms with Crippen LogP contribution in [0.4, 0.5) is 4.79 Å². The third-order valence-electron chi connectivity index (χ3n) is 6.05. The number of fused-ring (bicyclic) bond motifs is 1. The van der Waals surface area contributed by atoms with Gasteiger partial charge in [0.05, 0.1) is 12.3 Å². The summed E-state index contributed by atoms with van der Waals surface area (Å²) in [5.41, 5.74) is 3.64. The van der Waals surface area contributed by atoms with Crippen molar-refractivity contribution < 1.29 is 9.21 Å². The van der Waals surface area contributed by atoms with Gasteiger partial charge in [-0.15, -0.1) is 0 Å². The number of furan rings is 1. The molecule has 2 aromatic rings. The molecule has 2 heterocycles. The summed E-state index contributed by atoms with van der Waals surface area (Å²) in [4.78, 5) is 15.0. The Balaban J connectivity index is 1.33. The molecule has 2 N–H and O–H groups in total. The van der Waals surface area contributed by atoms with E-state index in [1.807, 2.05) is 6.07 Å². The molecule has 0 spiro atoms. The zero-order chi connectivity index (χ0) is 19.3. The zero-order valence-corrected chi connectivity index (χ0v) is 16.7. The van der Waals surface area contributed by atoms with Gasteiger partial charge in [0.2, 0.25) is 0 Å². The van der Waals surface area contributed by atoms with E-state index in [1.165, 1.54) is 30.5 Å². The van der Waals surface area contributed by atoms with Gasteiger partial charge in [0.1, 0.15) is 5.76 Å². The summed E-state index contributed by atoms with van der Waals surface area (Å²) in [7, 11) is 0. The molecule has 5 heteroatoms. The molecule has 150 valence electrons. The number of hydrogen-bond donors (Lipinski definition) is 2. The van der Waals surface area contributed by atoms with Crippen molar-refractivity contribution in [2.75, 3.05) is 13.1 Å². The van der Waals surface area contributed by atoms with Crippen LogP contribution < -0.4 is 10.6 Å². The van der Waals surface area contributed by atoms with Crippen molar-refractivity contribution in [2.45, 2.75) is 58.2 Å². The van der Waals surface area contributed by atoms with Crippen LogP contribution >= 0.6 is 0 Å². The van der Waals surface area contributed by atoms with Crippen LogP contribution in [0, 0.1) is 5.92 Å². The number of hydrogen-bond acceptors (Lipinski definition) is 3. The largest absolute Gasteiger partial charge is 0.469 e. The molecule has 2 unspecified atom stereocenters. The monoisotopic (exact) mass is 381 g/mol. The third-order valence-corrected chi connectivity index (χ3v) is 6.05. The number of likely N-dealkylation sites (tertiary alicyclic amines) is 1. The lowest BCUT2D eigenvalue weighted by molar-refractivity contribution is 0.176. The fraction of sp³-hybridized carbons (Fsp3) is 0.522. The first-order valence-corrected chi connectivity index (χ1v) is 10.6. The van der Waals surface area contributed by atoms with Gasteiger partial charge in [-0.3, -0.25) is 4.90 Å². The molecule has 28 heavy (non-hydrogen) atoms. The van der Waals surface area contributed by atoms with Gasteiger partial charge in [-0.25, -0.2) is 4.79 Å². The quantitative estimate of drug-likeness (QED) is 0.808. The molecule has 1 aromatic heterocycles. The standard InChI is InChI=1S/C23H31N3O2/c1-17-6-5-12-26(15-17)16-19-8-3-2-7-18(19)14-24-23(27)25-21-9-4-10-22-20(21)11-13-28-22/h2-3,7-8,11,13,17,21H,4-6,9-10,12,14-16H2,1H3,(H2,24,25,27). The third kappa shape index (κ3) is 4.58. The molecule has 1 aliphatic carbocycles. The SMILES string of the molecule is CC1CCCN(Cc2ccccc2CNC(=O)NC2CCCc3occc32)C1. The summed E-state index contributed by atoms with van der Waals surface area (Å²) < 4.78 is 5.52. The number of carbonyl (C=O) groups excluding carboxylic acids is 1. The highest BCUT2D eigenvalue weighted by Gasteiger charge is 2.24. The lowest BCUT2D eigenvalue weighted by atomic mass is 9.93. The van der Waals surface area contributed by atoms with Gasteiger partial charge in [0, 0.05) is 31.6 Å². The predicted octanol–water partition coefficient (Wildman–Crippen LogP) is 4.39. The summed E-state index contributed by atoms with van der Waals surface area (Å²) in [5.74, 6) is 1.78. The Kier molecular flexibility index (Phi) is 6.01. The van der Waals surface area contributed by atoms with Gasteiger partial charge in [0.25, 0.3) is 0 Å². The average Bonchev–Trinajstić information content (AvgIpc) is 3.17. The molecular formula is C23H31N3O2. The fourth-order valence-electron chi connectivity index (χ4n) is 4.58. The van der Waals surface area contributed by atoms with E-state index in [0.717, 1.165) is 49.6 Å². The van der Waals surface area contributed by atoms with E-state index in [0.29, 0.717) is 6.54 Å². The van der Waals surface area contributed by atoms with E-state index < -0.39 is 0 Å². The minimum absolute atomic E-state index is 0.0487. The molecule has 1 aliphatic heterocycles. The van der Waals surface area contributed by atoms with Crippen LogP contribution in [0.25, 0.3) is 0 Å². The minimum Gasteiger partial charge on any atom is -0.469 e. The first-order valence-electron chi connectivity index (χ1n) is 10.6. The molecule has 2 aliphatic rings. The molecule has 0 bridgehead atoms. The van der Waals surface area contributed by atoms with Crippen molar-refractivity contribution in [1.82, 2.24) is 15.5 Å². The van der Waals surface area contributed by atoms with Crippen LogP contribution in [0.5, 0.6) is 0 Å². The minimum atomic E-state index is -0.111. The Morgan fingerprint density at radius 2 is 2.04 bits per heavy atom. The van der Waals surface area contributed by atoms with Crippen molar-refractivity contribution >= 4 is 6.03 Å². The van der Waals surface area contributed by atoms with Crippen LogP contribution in [-0.2, 0) is 19.5 Å². The van der Waals surface area contributed by atoms with Crippen LogP contribution in [0.2, 0.25) is 0 Å². The maximum atomic E-state index is 12.5. The Morgan fingerprint density at radius 3 is 2.89 bits per heavy atom. The van der Waals surface area contributed by atoms with Gasteiger partial charge in [0.15, 0.2) is 0 Å². The molecule has 2 atom stereocenters. The molecule has 4 rings (SSSR count). The maximum Gasteiger partial charge on any atom is 0.315 e. The molecule has 1 fully saturated rings. The second kappa shape index (κ2) is 8.82. The molecule has 1 saturated heterocycles. The number of benzene rings is 1. The zero-order valence-electron chi connectivity index (χ0n) is 16.7. The van der Waals surface area contributed by atoms with E-state index >= 15 is 0 Å². The summed E-state index contributed by atoms with van der Waals surface area (Å²) in [6.45, 7) is 6.18. The number of nitrogens with one attached hydrogen (secondary N) is 2. The Hall–Kier alpha value is -2.27. The molecule has 2 amide bonds. The normalized spacial score (nSPS) is 22.5. The molecule has 5 nitrogen and oxygen atoms in total. The number of carbonyl (C=O) groups is 1. The number of urea groups is 1. The molecular weight excluding hydrogens is 350 g/mol. The van der Waals surface area contributed by atoms with Crippen molar-refractivity contribution in [3.05, 3.63) is 59.0 Å². The average molecular weight is 382 g/mol. The summed E-state index contributed by atoms with van der Waals surface area (Å²) in [5, 5.41) is 6.17. The van der Waals surface area contributed by atoms with E-state index in [4.69, 9.17) is 4.42 Å². The molecule has 0 saturated carbocycles. The van der Waals surface area contributed by atoms with Crippen LogP contribution in [0.15, 0.2) is 41.0 Å². The van der Waals surface area contributed by atoms with Crippen molar-refractivity contribution in [2.24, 2.45) is 5.92 Å². The predicted molar refractivity (Wildman–Crippen MR) is 110 cm³/mol. The number of aryl methyl sites for hydroxylation is 1. The number of amides is 2. The van der Waals surface area contributed by atoms with E-state index in [1.54, 1.807) is 6.26 Å². The first-order chi connectivity index (χ1) is 13.7. The summed E-state index contributed by atoms with van der Waals surface area (Å²) >= 11 is 0. The second-order valence-corrected chi connectivity index (χ2v) is 8.32. The lowest BCUT2D eigenvalue weighted by Crippen LogP contribution is -2.39. The van der Waals surface area contributed by atoms with E-state index in [-0.39, 0.29) is 12.1 Å². The molecule has 1 aromatic carbocycles. The topological polar surface area (TPSA) is 57.5 Å². The van der Waals surface area contributed by atoms with Gasteiger partial charge in [-0.2, -0.15) is 0 Å². The van der Waals surface area contributed by atoms with E-state index in [9.17, 15) is 4.79 Å². The van der Waals surface area contributed by atoms with Gasteiger partial charge >= 0.3 is 6.03 Å². The van der Waals surface area contributed by atoms with Crippen LogP contribution in [0.1, 0.15) is 61.1 Å². The van der Waals surface area contributed by atoms with E-state index in [2.05, 4.69) is 46.7 Å². The lowest BCUT2D eigenvalue weighted by Gasteiger charge is -2.31. The fourth-order valence-corrected chi connectivity index (χ4v) is 4.58. The maximum absolute atomic E-state index is 12.5. The van der Waals surface area contributed by atoms with Crippen LogP contribution in [-0.4, -0.2) is 24.0 Å². The smallest absolute Gasteiger partial charge is 0.315 e. The Morgan fingerprint density at radius 1 is 1.18 bits per heavy atom. The first kappa shape index (κ1) is 19.1. The molecule has 0 radical (unpaired) electrons. The van der Waals surface area contributed by atoms with Gasteiger partial charge in [-0.1, -0.05) is 31.2 Å². The number of rotatable bonds is 5. The highest BCUT2D eigenvalue weighted by molar-refractivity contribution is 5.74. The highest BCUT2D eigenvalue weighted by Crippen LogP contribution is 2.30. The summed E-state index contributed by atoms with van der Waals surface area (Å²) in [6.07, 6.45) is 7.30. The van der Waals surface area contributed by atoms with Gasteiger partial charge < -0.3 is 15.1 Å². The van der Waals surface area contributed by atoms with Crippen LogP contribution in [0.3, 0.4) is 0 Å². The van der Waals surface area contributed by atoms with Gasteiger partial charge in [-0.05, 0) is 55.3 Å².